The van der Waals surface area contributed by atoms with Crippen molar-refractivity contribution in [1.29, 1.82) is 0 Å². The first kappa shape index (κ1) is 10.4. The first-order chi connectivity index (χ1) is 6.74. The monoisotopic (exact) mass is 196 g/mol. The van der Waals surface area contributed by atoms with Crippen molar-refractivity contribution in [3.05, 3.63) is 0 Å². The molecule has 0 amide bonds. The maximum atomic E-state index is 3.69. The molecule has 14 heavy (non-hydrogen) atoms. The Hall–Kier alpha value is -0.0800. The fraction of sp³-hybridized carbons (Fsp3) is 1.00. The van der Waals surface area contributed by atoms with Gasteiger partial charge in [-0.25, -0.2) is 0 Å². The zero-order valence-corrected chi connectivity index (χ0v) is 9.63. The molecule has 0 aromatic carbocycles. The highest BCUT2D eigenvalue weighted by atomic mass is 15.1. The van der Waals surface area contributed by atoms with Crippen molar-refractivity contribution in [2.75, 3.05) is 26.7 Å². The molecule has 1 saturated carbocycles. The molecule has 0 radical (unpaired) electrons. The van der Waals surface area contributed by atoms with Gasteiger partial charge in [0.15, 0.2) is 0 Å². The van der Waals surface area contributed by atoms with Gasteiger partial charge in [-0.3, -0.25) is 0 Å². The van der Waals surface area contributed by atoms with Gasteiger partial charge in [0, 0.05) is 12.6 Å². The van der Waals surface area contributed by atoms with Crippen molar-refractivity contribution < 1.29 is 0 Å². The van der Waals surface area contributed by atoms with E-state index in [1.807, 2.05) is 0 Å². The van der Waals surface area contributed by atoms with Gasteiger partial charge in [0.2, 0.25) is 0 Å². The zero-order chi connectivity index (χ0) is 9.97. The van der Waals surface area contributed by atoms with Crippen molar-refractivity contribution >= 4 is 0 Å². The van der Waals surface area contributed by atoms with Crippen LogP contribution in [0.3, 0.4) is 0 Å². The Morgan fingerprint density at radius 2 is 2.07 bits per heavy atom. The third-order valence-electron chi connectivity index (χ3n) is 3.63. The molecule has 1 heterocycles. The van der Waals surface area contributed by atoms with Gasteiger partial charge >= 0.3 is 0 Å². The molecule has 1 aliphatic carbocycles. The minimum atomic E-state index is 0.744. The molecule has 1 aliphatic heterocycles. The van der Waals surface area contributed by atoms with Crippen LogP contribution in [-0.2, 0) is 0 Å². The summed E-state index contributed by atoms with van der Waals surface area (Å²) in [6.07, 6.45) is 5.76. The highest BCUT2D eigenvalue weighted by Crippen LogP contribution is 2.33. The van der Waals surface area contributed by atoms with Gasteiger partial charge in [-0.05, 0) is 51.7 Å². The van der Waals surface area contributed by atoms with Crippen LogP contribution in [0.25, 0.3) is 0 Å². The number of hydrogen-bond acceptors (Lipinski definition) is 2. The molecule has 0 bridgehead atoms. The van der Waals surface area contributed by atoms with Crippen LogP contribution in [0.5, 0.6) is 0 Å². The minimum absolute atomic E-state index is 0.744. The SMILES string of the molecule is CC(CC1CC1)NCC1CCN(C)C1. The van der Waals surface area contributed by atoms with E-state index < -0.39 is 0 Å². The minimum Gasteiger partial charge on any atom is -0.314 e. The molecule has 0 aromatic heterocycles. The maximum Gasteiger partial charge on any atom is 0.00414 e. The Morgan fingerprint density at radius 3 is 2.64 bits per heavy atom. The topological polar surface area (TPSA) is 15.3 Å². The second kappa shape index (κ2) is 4.63. The number of hydrogen-bond donors (Lipinski definition) is 1. The van der Waals surface area contributed by atoms with Crippen LogP contribution in [0.1, 0.15) is 32.6 Å². The summed E-state index contributed by atoms with van der Waals surface area (Å²) in [5, 5.41) is 3.69. The van der Waals surface area contributed by atoms with Crippen molar-refractivity contribution in [3.63, 3.8) is 0 Å². The summed E-state index contributed by atoms with van der Waals surface area (Å²) in [7, 11) is 2.23. The summed E-state index contributed by atoms with van der Waals surface area (Å²) < 4.78 is 0. The predicted octanol–water partition coefficient (Wildman–Crippen LogP) is 1.72. The van der Waals surface area contributed by atoms with Crippen LogP contribution >= 0.6 is 0 Å². The highest BCUT2D eigenvalue weighted by Gasteiger charge is 2.24. The average molecular weight is 196 g/mol. The van der Waals surface area contributed by atoms with E-state index >= 15 is 0 Å². The quantitative estimate of drug-likeness (QED) is 0.720. The van der Waals surface area contributed by atoms with Crippen molar-refractivity contribution in [1.82, 2.24) is 10.2 Å². The lowest BCUT2D eigenvalue weighted by Gasteiger charge is -2.17. The third kappa shape index (κ3) is 3.25. The van der Waals surface area contributed by atoms with E-state index in [1.54, 1.807) is 0 Å². The number of likely N-dealkylation sites (tertiary alicyclic amines) is 1. The molecule has 1 N–H and O–H groups in total. The predicted molar refractivity (Wildman–Crippen MR) is 60.4 cm³/mol. The Morgan fingerprint density at radius 1 is 1.29 bits per heavy atom. The standard InChI is InChI=1S/C12H24N2/c1-10(7-11-3-4-11)13-8-12-5-6-14(2)9-12/h10-13H,3-9H2,1-2H3. The molecular weight excluding hydrogens is 172 g/mol. The largest absolute Gasteiger partial charge is 0.314 e. The average Bonchev–Trinajstić information content (AvgIpc) is 2.85. The summed E-state index contributed by atoms with van der Waals surface area (Å²) in [5.74, 6) is 1.96. The third-order valence-corrected chi connectivity index (χ3v) is 3.63. The Balaban J connectivity index is 1.56. The van der Waals surface area contributed by atoms with E-state index in [0.29, 0.717) is 0 Å². The van der Waals surface area contributed by atoms with E-state index in [4.69, 9.17) is 0 Å². The van der Waals surface area contributed by atoms with Crippen LogP contribution in [0.15, 0.2) is 0 Å². The molecule has 2 rings (SSSR count). The molecule has 2 fully saturated rings. The summed E-state index contributed by atoms with van der Waals surface area (Å²) in [4.78, 5) is 2.44. The Kier molecular flexibility index (Phi) is 3.45. The van der Waals surface area contributed by atoms with Gasteiger partial charge in [0.25, 0.3) is 0 Å². The fourth-order valence-electron chi connectivity index (χ4n) is 2.50. The number of nitrogens with zero attached hydrogens (tertiary/aromatic N) is 1. The van der Waals surface area contributed by atoms with E-state index in [2.05, 4.69) is 24.2 Å². The van der Waals surface area contributed by atoms with E-state index in [9.17, 15) is 0 Å². The van der Waals surface area contributed by atoms with Gasteiger partial charge in [0.1, 0.15) is 0 Å². The molecule has 2 atom stereocenters. The van der Waals surface area contributed by atoms with Crippen LogP contribution in [0, 0.1) is 11.8 Å². The van der Waals surface area contributed by atoms with Crippen molar-refractivity contribution in [3.8, 4) is 0 Å². The van der Waals surface area contributed by atoms with Crippen LogP contribution in [-0.4, -0.2) is 37.6 Å². The smallest absolute Gasteiger partial charge is 0.00414 e. The first-order valence-corrected chi connectivity index (χ1v) is 6.16. The second-order valence-electron chi connectivity index (χ2n) is 5.41. The van der Waals surface area contributed by atoms with E-state index in [1.165, 1.54) is 45.3 Å². The maximum absolute atomic E-state index is 3.69. The molecule has 2 aliphatic rings. The van der Waals surface area contributed by atoms with Crippen molar-refractivity contribution in [2.45, 2.75) is 38.6 Å². The molecule has 1 saturated heterocycles. The van der Waals surface area contributed by atoms with E-state index in [0.717, 1.165) is 17.9 Å². The molecule has 82 valence electrons. The van der Waals surface area contributed by atoms with Gasteiger partial charge in [-0.15, -0.1) is 0 Å². The lowest BCUT2D eigenvalue weighted by molar-refractivity contribution is 0.375. The lowest BCUT2D eigenvalue weighted by Crippen LogP contribution is -2.32. The summed E-state index contributed by atoms with van der Waals surface area (Å²) >= 11 is 0. The fourth-order valence-corrected chi connectivity index (χ4v) is 2.50. The van der Waals surface area contributed by atoms with Gasteiger partial charge < -0.3 is 10.2 Å². The molecular formula is C12H24N2. The normalized spacial score (nSPS) is 30.9. The highest BCUT2D eigenvalue weighted by molar-refractivity contribution is 4.80. The summed E-state index contributed by atoms with van der Waals surface area (Å²) in [6, 6.07) is 0.744. The molecule has 0 spiro atoms. The van der Waals surface area contributed by atoms with Crippen molar-refractivity contribution in [2.24, 2.45) is 11.8 Å². The Bertz CT molecular complexity index is 177. The number of nitrogens with one attached hydrogen (secondary N) is 1. The number of rotatable bonds is 5. The molecule has 0 aromatic rings. The zero-order valence-electron chi connectivity index (χ0n) is 9.63. The van der Waals surface area contributed by atoms with Gasteiger partial charge in [0.05, 0.1) is 0 Å². The van der Waals surface area contributed by atoms with E-state index in [-0.39, 0.29) is 0 Å². The molecule has 2 unspecified atom stereocenters. The summed E-state index contributed by atoms with van der Waals surface area (Å²) in [6.45, 7) is 6.17. The van der Waals surface area contributed by atoms with Gasteiger partial charge in [-0.2, -0.15) is 0 Å². The van der Waals surface area contributed by atoms with Crippen LogP contribution in [0.2, 0.25) is 0 Å². The molecule has 2 nitrogen and oxygen atoms in total. The summed E-state index contributed by atoms with van der Waals surface area (Å²) in [5.41, 5.74) is 0. The van der Waals surface area contributed by atoms with Gasteiger partial charge in [-0.1, -0.05) is 12.8 Å². The Labute approximate surface area is 88.1 Å². The molecule has 2 heteroatoms. The van der Waals surface area contributed by atoms with Crippen LogP contribution in [0.4, 0.5) is 0 Å². The van der Waals surface area contributed by atoms with Crippen LogP contribution < -0.4 is 5.32 Å². The first-order valence-electron chi connectivity index (χ1n) is 6.16. The lowest BCUT2D eigenvalue weighted by atomic mass is 10.1. The second-order valence-corrected chi connectivity index (χ2v) is 5.41.